The molecule has 0 aromatic heterocycles. The third-order valence-corrected chi connectivity index (χ3v) is 4.75. The number of esters is 1. The second-order valence-corrected chi connectivity index (χ2v) is 6.85. The fraction of sp³-hybridized carbons (Fsp3) is 0.154. The van der Waals surface area contributed by atoms with Gasteiger partial charge in [0.05, 0.1) is 32.6 Å². The fourth-order valence-corrected chi connectivity index (χ4v) is 2.97. The van der Waals surface area contributed by atoms with Gasteiger partial charge in [-0.15, -0.1) is 0 Å². The highest BCUT2D eigenvalue weighted by Gasteiger charge is 2.19. The van der Waals surface area contributed by atoms with Crippen LogP contribution >= 0.6 is 0 Å². The molecule has 1 N–H and O–H groups in total. The summed E-state index contributed by atoms with van der Waals surface area (Å²) in [5.74, 6) is 0.505. The molecule has 0 radical (unpaired) electrons. The summed E-state index contributed by atoms with van der Waals surface area (Å²) in [5.41, 5.74) is 1.81. The highest BCUT2D eigenvalue weighted by molar-refractivity contribution is 6.15. The lowest BCUT2D eigenvalue weighted by Crippen LogP contribution is -2.09. The number of carbonyl (C=O) groups is 1. The maximum Gasteiger partial charge on any atom is 0.343 e. The topological polar surface area (TPSA) is 86.6 Å². The van der Waals surface area contributed by atoms with Crippen LogP contribution in [0.3, 0.4) is 0 Å². The van der Waals surface area contributed by atoms with Gasteiger partial charge in [0.2, 0.25) is 0 Å². The van der Waals surface area contributed by atoms with Gasteiger partial charge >= 0.3 is 5.97 Å². The Morgan fingerprint density at radius 1 is 0.909 bits per heavy atom. The summed E-state index contributed by atoms with van der Waals surface area (Å²) in [6.45, 7) is 0.455. The first-order valence-electron chi connectivity index (χ1n) is 10.1. The highest BCUT2D eigenvalue weighted by atomic mass is 16.5. The monoisotopic (exact) mass is 447 g/mol. The van der Waals surface area contributed by atoms with Gasteiger partial charge in [-0.3, -0.25) is 4.99 Å². The second kappa shape index (κ2) is 11.4. The van der Waals surface area contributed by atoms with Crippen molar-refractivity contribution >= 4 is 23.6 Å². The number of benzene rings is 3. The van der Waals surface area contributed by atoms with Gasteiger partial charge in [0, 0.05) is 12.3 Å². The van der Waals surface area contributed by atoms with Crippen molar-refractivity contribution in [3.8, 4) is 17.2 Å². The zero-order chi connectivity index (χ0) is 23.6. The van der Waals surface area contributed by atoms with E-state index in [2.05, 4.69) is 4.99 Å². The van der Waals surface area contributed by atoms with Crippen LogP contribution in [-0.2, 0) is 16.1 Å². The van der Waals surface area contributed by atoms with E-state index in [0.29, 0.717) is 35.1 Å². The SMILES string of the molecule is COC(=O)/C(C=Nc1ccc(OCc2ccccc2)cc1)=C(\O)c1ccc(OC)cc1OC. The molecule has 33 heavy (non-hydrogen) atoms. The lowest BCUT2D eigenvalue weighted by molar-refractivity contribution is -0.135. The molecule has 3 aromatic rings. The van der Waals surface area contributed by atoms with E-state index in [1.54, 1.807) is 42.5 Å². The summed E-state index contributed by atoms with van der Waals surface area (Å²) in [6, 6.07) is 21.7. The third kappa shape index (κ3) is 6.13. The zero-order valence-electron chi connectivity index (χ0n) is 18.6. The van der Waals surface area contributed by atoms with Crippen molar-refractivity contribution in [1.82, 2.24) is 0 Å². The van der Waals surface area contributed by atoms with Crippen LogP contribution in [0.4, 0.5) is 5.69 Å². The van der Waals surface area contributed by atoms with Crippen molar-refractivity contribution in [2.24, 2.45) is 4.99 Å². The predicted molar refractivity (Wildman–Crippen MR) is 126 cm³/mol. The van der Waals surface area contributed by atoms with Crippen molar-refractivity contribution in [1.29, 1.82) is 0 Å². The highest BCUT2D eigenvalue weighted by Crippen LogP contribution is 2.30. The number of carbonyl (C=O) groups excluding carboxylic acids is 1. The molecule has 0 atom stereocenters. The van der Waals surface area contributed by atoms with E-state index in [1.165, 1.54) is 27.5 Å². The molecule has 0 aliphatic heterocycles. The molecule has 7 nitrogen and oxygen atoms in total. The van der Waals surface area contributed by atoms with Gasteiger partial charge < -0.3 is 24.1 Å². The Hall–Kier alpha value is -4.26. The average molecular weight is 447 g/mol. The second-order valence-electron chi connectivity index (χ2n) is 6.85. The maximum atomic E-state index is 12.3. The van der Waals surface area contributed by atoms with Crippen molar-refractivity contribution in [3.63, 3.8) is 0 Å². The summed E-state index contributed by atoms with van der Waals surface area (Å²) >= 11 is 0. The Morgan fingerprint density at radius 2 is 1.61 bits per heavy atom. The first-order chi connectivity index (χ1) is 16.0. The normalized spacial score (nSPS) is 11.6. The summed E-state index contributed by atoms with van der Waals surface area (Å²) in [7, 11) is 4.21. The minimum absolute atomic E-state index is 0.120. The quantitative estimate of drug-likeness (QED) is 0.212. The Balaban J connectivity index is 1.81. The van der Waals surface area contributed by atoms with Crippen molar-refractivity contribution in [2.45, 2.75) is 6.61 Å². The van der Waals surface area contributed by atoms with Crippen molar-refractivity contribution < 1.29 is 28.8 Å². The smallest absolute Gasteiger partial charge is 0.343 e. The van der Waals surface area contributed by atoms with Gasteiger partial charge in [-0.25, -0.2) is 4.79 Å². The molecule has 0 amide bonds. The van der Waals surface area contributed by atoms with Gasteiger partial charge in [-0.1, -0.05) is 30.3 Å². The molecule has 0 fully saturated rings. The van der Waals surface area contributed by atoms with Crippen LogP contribution in [0.25, 0.3) is 5.76 Å². The first-order valence-corrected chi connectivity index (χ1v) is 10.1. The van der Waals surface area contributed by atoms with E-state index in [-0.39, 0.29) is 11.3 Å². The zero-order valence-corrected chi connectivity index (χ0v) is 18.6. The summed E-state index contributed by atoms with van der Waals surface area (Å²) in [4.78, 5) is 16.6. The van der Waals surface area contributed by atoms with E-state index in [1.807, 2.05) is 30.3 Å². The number of methoxy groups -OCH3 is 3. The van der Waals surface area contributed by atoms with E-state index >= 15 is 0 Å². The standard InChI is InChI=1S/C26H25NO6/c1-30-21-13-14-22(24(15-21)31-2)25(28)23(26(29)32-3)16-27-19-9-11-20(12-10-19)33-17-18-7-5-4-6-8-18/h4-16,28H,17H2,1-3H3/b25-23-,27-16?. The van der Waals surface area contributed by atoms with E-state index in [4.69, 9.17) is 18.9 Å². The molecule has 3 aromatic carbocycles. The number of rotatable bonds is 9. The third-order valence-electron chi connectivity index (χ3n) is 4.75. The molecule has 0 saturated carbocycles. The predicted octanol–water partition coefficient (Wildman–Crippen LogP) is 5.13. The van der Waals surface area contributed by atoms with Crippen molar-refractivity contribution in [3.05, 3.63) is 89.5 Å². The molecular formula is C26H25NO6. The van der Waals surface area contributed by atoms with Gasteiger partial charge in [0.1, 0.15) is 35.2 Å². The molecule has 0 aliphatic rings. The minimum Gasteiger partial charge on any atom is -0.506 e. The summed E-state index contributed by atoms with van der Waals surface area (Å²) in [5, 5.41) is 10.8. The first kappa shape index (κ1) is 23.4. The van der Waals surface area contributed by atoms with Gasteiger partial charge in [-0.05, 0) is 42.0 Å². The van der Waals surface area contributed by atoms with Crippen LogP contribution in [0, 0.1) is 0 Å². The van der Waals surface area contributed by atoms with Crippen LogP contribution in [0.5, 0.6) is 17.2 Å². The van der Waals surface area contributed by atoms with Crippen LogP contribution in [0.2, 0.25) is 0 Å². The van der Waals surface area contributed by atoms with Gasteiger partial charge in [0.15, 0.2) is 0 Å². The molecule has 0 spiro atoms. The number of hydrogen-bond acceptors (Lipinski definition) is 7. The molecule has 7 heteroatoms. The molecule has 3 rings (SSSR count). The molecule has 0 bridgehead atoms. The summed E-state index contributed by atoms with van der Waals surface area (Å²) < 4.78 is 21.1. The van der Waals surface area contributed by atoms with Gasteiger partial charge in [-0.2, -0.15) is 0 Å². The number of aliphatic hydroxyl groups excluding tert-OH is 1. The Morgan fingerprint density at radius 3 is 2.24 bits per heavy atom. The van der Waals surface area contributed by atoms with E-state index in [0.717, 1.165) is 5.56 Å². The number of aliphatic hydroxyl groups is 1. The largest absolute Gasteiger partial charge is 0.506 e. The molecule has 0 heterocycles. The Bertz CT molecular complexity index is 1140. The molecule has 170 valence electrons. The van der Waals surface area contributed by atoms with Crippen molar-refractivity contribution in [2.75, 3.05) is 21.3 Å². The van der Waals surface area contributed by atoms with Gasteiger partial charge in [0.25, 0.3) is 0 Å². The Kier molecular flexibility index (Phi) is 8.07. The Labute approximate surface area is 192 Å². The number of nitrogens with zero attached hydrogens (tertiary/aromatic N) is 1. The van der Waals surface area contributed by atoms with Crippen LogP contribution in [-0.4, -0.2) is 38.6 Å². The van der Waals surface area contributed by atoms with Crippen LogP contribution < -0.4 is 14.2 Å². The summed E-state index contributed by atoms with van der Waals surface area (Å²) in [6.07, 6.45) is 1.25. The van der Waals surface area contributed by atoms with Crippen LogP contribution in [0.1, 0.15) is 11.1 Å². The van der Waals surface area contributed by atoms with E-state index in [9.17, 15) is 9.90 Å². The average Bonchev–Trinajstić information content (AvgIpc) is 2.88. The molecule has 0 aliphatic carbocycles. The number of hydrogen-bond donors (Lipinski definition) is 1. The molecule has 0 unspecified atom stereocenters. The van der Waals surface area contributed by atoms with E-state index < -0.39 is 5.97 Å². The van der Waals surface area contributed by atoms with Crippen LogP contribution in [0.15, 0.2) is 83.4 Å². The minimum atomic E-state index is -0.739. The fourth-order valence-electron chi connectivity index (χ4n) is 2.97. The number of aliphatic imine (C=N–C) groups is 1. The molecule has 0 saturated heterocycles. The lowest BCUT2D eigenvalue weighted by Gasteiger charge is -2.11. The maximum absolute atomic E-state index is 12.3. The number of ether oxygens (including phenoxy) is 4. The lowest BCUT2D eigenvalue weighted by atomic mass is 10.1. The molecular weight excluding hydrogens is 422 g/mol.